The summed E-state index contributed by atoms with van der Waals surface area (Å²) in [6.45, 7) is 6.07. The number of rotatable bonds is 7. The third-order valence-corrected chi connectivity index (χ3v) is 6.38. The maximum absolute atomic E-state index is 12.8. The summed E-state index contributed by atoms with van der Waals surface area (Å²) in [5.74, 6) is 2.50. The molecule has 0 fully saturated rings. The van der Waals surface area contributed by atoms with Crippen LogP contribution in [0, 0.1) is 32.1 Å². The van der Waals surface area contributed by atoms with Gasteiger partial charge in [0.2, 0.25) is 5.91 Å². The normalized spacial score (nSPS) is 11.0. The molecule has 10 heteroatoms. The molecule has 4 rings (SSSR count). The van der Waals surface area contributed by atoms with E-state index in [0.29, 0.717) is 28.9 Å². The molecule has 0 spiro atoms. The summed E-state index contributed by atoms with van der Waals surface area (Å²) in [6.07, 6.45) is 3.20. The topological polar surface area (TPSA) is 115 Å². The van der Waals surface area contributed by atoms with E-state index >= 15 is 0 Å². The van der Waals surface area contributed by atoms with Crippen LogP contribution in [0.2, 0.25) is 0 Å². The lowest BCUT2D eigenvalue weighted by atomic mass is 10.2. The molecule has 0 aromatic carbocycles. The van der Waals surface area contributed by atoms with Gasteiger partial charge >= 0.3 is 0 Å². The van der Waals surface area contributed by atoms with Gasteiger partial charge in [0.05, 0.1) is 36.0 Å². The van der Waals surface area contributed by atoms with Gasteiger partial charge in [-0.05, 0) is 44.5 Å². The first kappa shape index (κ1) is 21.5. The minimum Gasteiger partial charge on any atom is -0.469 e. The highest BCUT2D eigenvalue weighted by Gasteiger charge is 2.21. The molecule has 0 atom stereocenters. The minimum absolute atomic E-state index is 0.116. The molecule has 4 aromatic heterocycles. The standard InChI is InChI=1S/C22H22N6O3S/c1-13-14(2)28(11-16-6-5-8-31-16)20(18(13)10-23)24-19(29)12-32-22-26-25-21(27(22)4)17-7-9-30-15(17)3/h5-9H,11-12H2,1-4H3,(H,24,29). The van der Waals surface area contributed by atoms with Crippen molar-refractivity contribution < 1.29 is 13.6 Å². The number of thioether (sulfide) groups is 1. The predicted octanol–water partition coefficient (Wildman–Crippen LogP) is 4.05. The van der Waals surface area contributed by atoms with E-state index in [2.05, 4.69) is 21.6 Å². The third-order valence-electron chi connectivity index (χ3n) is 5.36. The van der Waals surface area contributed by atoms with Crippen molar-refractivity contribution in [2.75, 3.05) is 11.1 Å². The molecule has 4 heterocycles. The monoisotopic (exact) mass is 450 g/mol. The maximum atomic E-state index is 12.8. The van der Waals surface area contributed by atoms with Crippen molar-refractivity contribution in [3.05, 3.63) is 59.1 Å². The van der Waals surface area contributed by atoms with Crippen LogP contribution in [0.3, 0.4) is 0 Å². The van der Waals surface area contributed by atoms with Gasteiger partial charge in [-0.25, -0.2) is 0 Å². The second kappa shape index (κ2) is 8.80. The summed E-state index contributed by atoms with van der Waals surface area (Å²) in [6, 6.07) is 7.71. The lowest BCUT2D eigenvalue weighted by molar-refractivity contribution is -0.113. The molecule has 0 aliphatic rings. The second-order valence-electron chi connectivity index (χ2n) is 7.30. The Morgan fingerprint density at radius 1 is 1.22 bits per heavy atom. The SMILES string of the molecule is Cc1occc1-c1nnc(SCC(=O)Nc2c(C#N)c(C)c(C)n2Cc2ccco2)n1C. The Hall–Kier alpha value is -3.71. The number of carbonyl (C=O) groups excluding carboxylic acids is 1. The number of amides is 1. The molecule has 1 N–H and O–H groups in total. The van der Waals surface area contributed by atoms with Gasteiger partial charge in [0.1, 0.15) is 23.4 Å². The molecule has 0 aliphatic heterocycles. The summed E-state index contributed by atoms with van der Waals surface area (Å²) in [7, 11) is 1.84. The Morgan fingerprint density at radius 2 is 2.03 bits per heavy atom. The zero-order valence-corrected chi connectivity index (χ0v) is 19.0. The lowest BCUT2D eigenvalue weighted by Crippen LogP contribution is -2.18. The van der Waals surface area contributed by atoms with Gasteiger partial charge in [-0.3, -0.25) is 4.79 Å². The van der Waals surface area contributed by atoms with E-state index in [-0.39, 0.29) is 11.7 Å². The van der Waals surface area contributed by atoms with E-state index in [1.54, 1.807) is 18.6 Å². The Balaban J connectivity index is 1.50. The van der Waals surface area contributed by atoms with Gasteiger partial charge in [0.25, 0.3) is 0 Å². The van der Waals surface area contributed by atoms with Gasteiger partial charge < -0.3 is 23.3 Å². The van der Waals surface area contributed by atoms with Crippen LogP contribution in [0.1, 0.15) is 28.3 Å². The van der Waals surface area contributed by atoms with Crippen LogP contribution in [0.15, 0.2) is 44.7 Å². The molecule has 0 aliphatic carbocycles. The van der Waals surface area contributed by atoms with Gasteiger partial charge in [0.15, 0.2) is 11.0 Å². The number of hydrogen-bond acceptors (Lipinski definition) is 7. The molecule has 0 radical (unpaired) electrons. The highest BCUT2D eigenvalue weighted by atomic mass is 32.2. The molecule has 0 saturated heterocycles. The van der Waals surface area contributed by atoms with Crippen molar-refractivity contribution in [1.29, 1.82) is 5.26 Å². The molecule has 4 aromatic rings. The number of anilines is 1. The van der Waals surface area contributed by atoms with E-state index in [9.17, 15) is 10.1 Å². The van der Waals surface area contributed by atoms with Crippen molar-refractivity contribution >= 4 is 23.5 Å². The van der Waals surface area contributed by atoms with Crippen LogP contribution < -0.4 is 5.32 Å². The molecule has 164 valence electrons. The largest absolute Gasteiger partial charge is 0.469 e. The van der Waals surface area contributed by atoms with Crippen molar-refractivity contribution in [1.82, 2.24) is 19.3 Å². The van der Waals surface area contributed by atoms with E-state index < -0.39 is 0 Å². The van der Waals surface area contributed by atoms with Crippen molar-refractivity contribution in [2.24, 2.45) is 7.05 Å². The van der Waals surface area contributed by atoms with Gasteiger partial charge in [-0.15, -0.1) is 10.2 Å². The molecule has 1 amide bonds. The smallest absolute Gasteiger partial charge is 0.235 e. The minimum atomic E-state index is -0.242. The number of aryl methyl sites for hydroxylation is 1. The quantitative estimate of drug-likeness (QED) is 0.422. The van der Waals surface area contributed by atoms with Crippen molar-refractivity contribution in [3.8, 4) is 17.5 Å². The van der Waals surface area contributed by atoms with E-state index in [4.69, 9.17) is 8.83 Å². The van der Waals surface area contributed by atoms with Crippen molar-refractivity contribution in [3.63, 3.8) is 0 Å². The molecule has 0 unspecified atom stereocenters. The van der Waals surface area contributed by atoms with Crippen LogP contribution >= 0.6 is 11.8 Å². The van der Waals surface area contributed by atoms with Gasteiger partial charge in [0, 0.05) is 12.7 Å². The molecule has 9 nitrogen and oxygen atoms in total. The average Bonchev–Trinajstić information content (AvgIpc) is 3.54. The fraction of sp³-hybridized carbons (Fsp3) is 0.273. The number of carbonyl (C=O) groups is 1. The van der Waals surface area contributed by atoms with E-state index in [1.165, 1.54) is 11.8 Å². The van der Waals surface area contributed by atoms with Crippen LogP contribution in [-0.2, 0) is 18.4 Å². The number of nitriles is 1. The zero-order chi connectivity index (χ0) is 22.8. The summed E-state index contributed by atoms with van der Waals surface area (Å²) in [5.41, 5.74) is 3.03. The molecular formula is C22H22N6O3S. The van der Waals surface area contributed by atoms with Crippen LogP contribution in [0.4, 0.5) is 5.82 Å². The van der Waals surface area contributed by atoms with Gasteiger partial charge in [-0.1, -0.05) is 11.8 Å². The van der Waals surface area contributed by atoms with Gasteiger partial charge in [-0.2, -0.15) is 5.26 Å². The first-order valence-corrected chi connectivity index (χ1v) is 10.9. The summed E-state index contributed by atoms with van der Waals surface area (Å²) in [4.78, 5) is 12.8. The summed E-state index contributed by atoms with van der Waals surface area (Å²) in [5, 5.41) is 21.6. The number of nitrogens with one attached hydrogen (secondary N) is 1. The zero-order valence-electron chi connectivity index (χ0n) is 18.2. The Morgan fingerprint density at radius 3 is 2.69 bits per heavy atom. The fourth-order valence-corrected chi connectivity index (χ4v) is 4.19. The first-order valence-electron chi connectivity index (χ1n) is 9.89. The summed E-state index contributed by atoms with van der Waals surface area (Å²) >= 11 is 1.27. The van der Waals surface area contributed by atoms with E-state index in [1.807, 2.05) is 49.1 Å². The van der Waals surface area contributed by atoms with E-state index in [0.717, 1.165) is 28.3 Å². The molecule has 0 bridgehead atoms. The predicted molar refractivity (Wildman–Crippen MR) is 119 cm³/mol. The number of aromatic nitrogens is 4. The molecule has 32 heavy (non-hydrogen) atoms. The maximum Gasteiger partial charge on any atom is 0.235 e. The number of hydrogen-bond donors (Lipinski definition) is 1. The Bertz CT molecular complexity index is 1310. The third kappa shape index (κ3) is 3.94. The average molecular weight is 451 g/mol. The fourth-order valence-electron chi connectivity index (χ4n) is 3.48. The number of furan rings is 2. The van der Waals surface area contributed by atoms with Crippen LogP contribution in [0.25, 0.3) is 11.4 Å². The highest BCUT2D eigenvalue weighted by Crippen LogP contribution is 2.29. The number of nitrogens with zero attached hydrogens (tertiary/aromatic N) is 5. The summed E-state index contributed by atoms with van der Waals surface area (Å²) < 4.78 is 14.5. The first-order chi connectivity index (χ1) is 15.4. The van der Waals surface area contributed by atoms with Crippen molar-refractivity contribution in [2.45, 2.75) is 32.5 Å². The Kier molecular flexibility index (Phi) is 5.92. The second-order valence-corrected chi connectivity index (χ2v) is 8.25. The van der Waals surface area contributed by atoms with Crippen LogP contribution in [-0.4, -0.2) is 31.0 Å². The lowest BCUT2D eigenvalue weighted by Gasteiger charge is -2.12. The Labute approximate surface area is 189 Å². The van der Waals surface area contributed by atoms with Crippen LogP contribution in [0.5, 0.6) is 0 Å². The molecule has 0 saturated carbocycles. The molecular weight excluding hydrogens is 428 g/mol. The highest BCUT2D eigenvalue weighted by molar-refractivity contribution is 7.99.